The van der Waals surface area contributed by atoms with Crippen LogP contribution in [0.2, 0.25) is 10.0 Å². The number of likely N-dealkylation sites (tertiary alicyclic amines) is 2. The zero-order valence-electron chi connectivity index (χ0n) is 24.8. The molecule has 1 saturated carbocycles. The number of ether oxygens (including phenoxy) is 1. The molecule has 6 heteroatoms. The average molecular weight is 626 g/mol. The number of hydrogen-bond acceptors (Lipinski definition) is 4. The molecule has 0 amide bonds. The van der Waals surface area contributed by atoms with Crippen molar-refractivity contribution in [1.29, 1.82) is 0 Å². The molecule has 3 aliphatic rings. The zero-order valence-corrected chi connectivity index (χ0v) is 27.1. The van der Waals surface area contributed by atoms with Crippen LogP contribution in [0.4, 0.5) is 0 Å². The van der Waals surface area contributed by atoms with Crippen molar-refractivity contribution >= 4 is 34.5 Å². The zero-order chi connectivity index (χ0) is 28.7. The number of piperidine rings is 1. The van der Waals surface area contributed by atoms with E-state index < -0.39 is 0 Å². The molecule has 0 radical (unpaired) electrons. The summed E-state index contributed by atoms with van der Waals surface area (Å²) < 4.78 is 6.70. The van der Waals surface area contributed by atoms with Crippen molar-refractivity contribution in [1.82, 2.24) is 9.80 Å². The van der Waals surface area contributed by atoms with Crippen LogP contribution in [0, 0.1) is 17.8 Å². The van der Waals surface area contributed by atoms with E-state index >= 15 is 0 Å². The van der Waals surface area contributed by atoms with E-state index in [1.807, 2.05) is 23.5 Å². The van der Waals surface area contributed by atoms with Crippen molar-refractivity contribution in [2.75, 3.05) is 32.7 Å². The van der Waals surface area contributed by atoms with Crippen molar-refractivity contribution in [3.8, 4) is 0 Å². The second-order valence-corrected chi connectivity index (χ2v) is 14.7. The van der Waals surface area contributed by atoms with E-state index in [1.54, 1.807) is 0 Å². The summed E-state index contributed by atoms with van der Waals surface area (Å²) in [6, 6.07) is 19.0. The Morgan fingerprint density at radius 1 is 0.881 bits per heavy atom. The molecule has 3 atom stereocenters. The maximum atomic E-state index is 6.70. The van der Waals surface area contributed by atoms with Gasteiger partial charge in [-0.05, 0) is 109 Å². The Kier molecular flexibility index (Phi) is 11.0. The lowest BCUT2D eigenvalue weighted by molar-refractivity contribution is -0.0301. The molecule has 0 spiro atoms. The summed E-state index contributed by atoms with van der Waals surface area (Å²) in [5, 5.41) is 6.08. The fraction of sp³-hybridized carbons (Fsp3) is 0.556. The molecule has 0 bridgehead atoms. The number of hydrogen-bond donors (Lipinski definition) is 0. The van der Waals surface area contributed by atoms with E-state index in [1.165, 1.54) is 87.7 Å². The van der Waals surface area contributed by atoms with E-state index in [4.69, 9.17) is 27.9 Å². The summed E-state index contributed by atoms with van der Waals surface area (Å²) >= 11 is 14.5. The van der Waals surface area contributed by atoms with Crippen molar-refractivity contribution in [2.24, 2.45) is 17.8 Å². The van der Waals surface area contributed by atoms with Gasteiger partial charge in [-0.25, -0.2) is 0 Å². The van der Waals surface area contributed by atoms with Gasteiger partial charge >= 0.3 is 0 Å². The predicted octanol–water partition coefficient (Wildman–Crippen LogP) is 9.54. The largest absolute Gasteiger partial charge is 0.373 e. The fourth-order valence-electron chi connectivity index (χ4n) is 7.77. The van der Waals surface area contributed by atoms with Gasteiger partial charge in [0.2, 0.25) is 0 Å². The van der Waals surface area contributed by atoms with Crippen molar-refractivity contribution in [3.63, 3.8) is 0 Å². The topological polar surface area (TPSA) is 15.7 Å². The van der Waals surface area contributed by atoms with Crippen LogP contribution in [0.5, 0.6) is 0 Å². The van der Waals surface area contributed by atoms with E-state index in [0.29, 0.717) is 23.0 Å². The Balaban J connectivity index is 1.04. The van der Waals surface area contributed by atoms with Crippen LogP contribution in [-0.4, -0.2) is 48.6 Å². The van der Waals surface area contributed by atoms with Gasteiger partial charge in [0, 0.05) is 42.1 Å². The predicted molar refractivity (Wildman–Crippen MR) is 178 cm³/mol. The van der Waals surface area contributed by atoms with Gasteiger partial charge in [-0.2, -0.15) is 11.3 Å². The van der Waals surface area contributed by atoms with Gasteiger partial charge in [0.1, 0.15) is 0 Å². The van der Waals surface area contributed by atoms with Crippen molar-refractivity contribution < 1.29 is 4.74 Å². The second kappa shape index (κ2) is 15.1. The molecule has 6 rings (SSSR count). The van der Waals surface area contributed by atoms with Crippen LogP contribution in [0.3, 0.4) is 0 Å². The molecule has 3 unspecified atom stereocenters. The SMILES string of the molecule is Clc1ccc(CN2CC(CN3CCC(CC(OCc4ccccc4)C4CCCCC4)CC3)C(c3ccsc3)C2)c(Cl)c1. The molecular formula is C36H46Cl2N2OS. The van der Waals surface area contributed by atoms with Crippen LogP contribution < -0.4 is 0 Å². The highest BCUT2D eigenvalue weighted by Crippen LogP contribution is 2.38. The number of halogens is 2. The van der Waals surface area contributed by atoms with E-state index in [0.717, 1.165) is 43.1 Å². The minimum absolute atomic E-state index is 0.410. The molecule has 1 aromatic heterocycles. The quantitative estimate of drug-likeness (QED) is 0.211. The standard InChI is InChI=1S/C36H46Cl2N2OS/c37-33-12-11-30(35(38)20-33)21-40-23-32(34(24-40)31-15-18-42-26-31)22-39-16-13-27(14-17-39)19-36(29-9-5-2-6-10-29)41-25-28-7-3-1-4-8-28/h1,3-4,7-8,11-12,15,18,20,26-27,29,32,34,36H,2,5-6,9-10,13-14,16-17,19,21-25H2. The number of benzene rings is 2. The Hall–Kier alpha value is -1.40. The smallest absolute Gasteiger partial charge is 0.0720 e. The summed E-state index contributed by atoms with van der Waals surface area (Å²) in [6.45, 7) is 7.49. The Labute approximate surface area is 267 Å². The first-order valence-corrected chi connectivity index (χ1v) is 17.9. The first-order valence-electron chi connectivity index (χ1n) is 16.2. The van der Waals surface area contributed by atoms with E-state index in [9.17, 15) is 0 Å². The summed E-state index contributed by atoms with van der Waals surface area (Å²) in [6.07, 6.45) is 11.1. The maximum Gasteiger partial charge on any atom is 0.0720 e. The number of nitrogens with zero attached hydrogens (tertiary/aromatic N) is 2. The Bertz CT molecular complexity index is 1220. The first kappa shape index (κ1) is 30.6. The molecule has 2 aromatic carbocycles. The lowest BCUT2D eigenvalue weighted by Gasteiger charge is -2.38. The van der Waals surface area contributed by atoms with Crippen molar-refractivity contribution in [2.45, 2.75) is 76.5 Å². The van der Waals surface area contributed by atoms with Crippen LogP contribution in [0.1, 0.15) is 74.0 Å². The lowest BCUT2D eigenvalue weighted by atomic mass is 9.80. The molecule has 3 heterocycles. The second-order valence-electron chi connectivity index (χ2n) is 13.1. The van der Waals surface area contributed by atoms with Crippen LogP contribution in [-0.2, 0) is 17.9 Å². The van der Waals surface area contributed by atoms with Gasteiger partial charge in [-0.15, -0.1) is 0 Å². The first-order chi connectivity index (χ1) is 20.6. The Morgan fingerprint density at radius 3 is 2.43 bits per heavy atom. The minimum Gasteiger partial charge on any atom is -0.373 e. The van der Waals surface area contributed by atoms with E-state index in [-0.39, 0.29) is 0 Å². The van der Waals surface area contributed by atoms with Crippen LogP contribution >= 0.6 is 34.5 Å². The molecule has 42 heavy (non-hydrogen) atoms. The summed E-state index contributed by atoms with van der Waals surface area (Å²) in [5.41, 5.74) is 3.99. The summed E-state index contributed by atoms with van der Waals surface area (Å²) in [7, 11) is 0. The third-order valence-corrected chi connectivity index (χ3v) is 11.4. The highest BCUT2D eigenvalue weighted by molar-refractivity contribution is 7.08. The van der Waals surface area contributed by atoms with E-state index in [2.05, 4.69) is 63.0 Å². The molecule has 2 saturated heterocycles. The molecule has 226 valence electrons. The normalized spacial score (nSPS) is 23.9. The van der Waals surface area contributed by atoms with Gasteiger partial charge in [0.15, 0.2) is 0 Å². The highest BCUT2D eigenvalue weighted by Gasteiger charge is 2.36. The van der Waals surface area contributed by atoms with Gasteiger partial charge in [-0.3, -0.25) is 4.90 Å². The fourth-order valence-corrected chi connectivity index (χ4v) is 8.97. The van der Waals surface area contributed by atoms with Gasteiger partial charge in [0.05, 0.1) is 12.7 Å². The third-order valence-electron chi connectivity index (χ3n) is 10.1. The third kappa shape index (κ3) is 8.20. The molecule has 1 aliphatic carbocycles. The monoisotopic (exact) mass is 624 g/mol. The minimum atomic E-state index is 0.410. The van der Waals surface area contributed by atoms with Crippen LogP contribution in [0.15, 0.2) is 65.4 Å². The lowest BCUT2D eigenvalue weighted by Crippen LogP contribution is -2.40. The van der Waals surface area contributed by atoms with Crippen molar-refractivity contribution in [3.05, 3.63) is 92.1 Å². The Morgan fingerprint density at radius 2 is 1.69 bits per heavy atom. The van der Waals surface area contributed by atoms with Gasteiger partial charge in [-0.1, -0.05) is 78.9 Å². The van der Waals surface area contributed by atoms with Crippen LogP contribution in [0.25, 0.3) is 0 Å². The average Bonchev–Trinajstić information content (AvgIpc) is 3.69. The van der Waals surface area contributed by atoms with Gasteiger partial charge < -0.3 is 9.64 Å². The number of thiophene rings is 1. The molecule has 3 fully saturated rings. The summed E-state index contributed by atoms with van der Waals surface area (Å²) in [4.78, 5) is 5.37. The van der Waals surface area contributed by atoms with Gasteiger partial charge in [0.25, 0.3) is 0 Å². The highest BCUT2D eigenvalue weighted by atomic mass is 35.5. The molecule has 2 aliphatic heterocycles. The molecule has 3 aromatic rings. The maximum absolute atomic E-state index is 6.70. The molecular weight excluding hydrogens is 579 g/mol. The molecule has 3 nitrogen and oxygen atoms in total. The number of rotatable bonds is 11. The summed E-state index contributed by atoms with van der Waals surface area (Å²) in [5.74, 6) is 2.75. The molecule has 0 N–H and O–H groups in total.